The van der Waals surface area contributed by atoms with Crippen LogP contribution in [0.5, 0.6) is 0 Å². The van der Waals surface area contributed by atoms with Crippen molar-refractivity contribution in [1.82, 2.24) is 14.7 Å². The van der Waals surface area contributed by atoms with Crippen molar-refractivity contribution in [2.24, 2.45) is 7.05 Å². The zero-order chi connectivity index (χ0) is 18.1. The third kappa shape index (κ3) is 3.33. The van der Waals surface area contributed by atoms with Crippen molar-refractivity contribution in [1.29, 1.82) is 0 Å². The molecule has 1 aromatic heterocycles. The quantitative estimate of drug-likeness (QED) is 0.683. The highest BCUT2D eigenvalue weighted by molar-refractivity contribution is 5.91. The molecule has 1 aliphatic rings. The predicted octanol–water partition coefficient (Wildman–Crippen LogP) is 3.31. The topological polar surface area (TPSA) is 93.3 Å². The summed E-state index contributed by atoms with van der Waals surface area (Å²) in [7, 11) is 1.84. The third-order valence-electron chi connectivity index (χ3n) is 4.60. The standard InChI is InChI=1S/C17H21N5O3/c1-11-7-12(2)16(22(24)25)8-14(11)19-17(23)21-6-4-5-15(21)13-9-18-20(3)10-13/h7-10,15H,4-6H2,1-3H3,(H,19,23)/t15-/m0/s1. The van der Waals surface area contributed by atoms with E-state index >= 15 is 0 Å². The van der Waals surface area contributed by atoms with Gasteiger partial charge in [0, 0.05) is 37.0 Å². The first-order chi connectivity index (χ1) is 11.9. The van der Waals surface area contributed by atoms with Crippen molar-refractivity contribution < 1.29 is 9.72 Å². The number of carbonyl (C=O) groups excluding carboxylic acids is 1. The normalized spacial score (nSPS) is 16.9. The maximum Gasteiger partial charge on any atom is 0.322 e. The summed E-state index contributed by atoms with van der Waals surface area (Å²) >= 11 is 0. The van der Waals surface area contributed by atoms with Crippen LogP contribution in [0.2, 0.25) is 0 Å². The number of hydrogen-bond acceptors (Lipinski definition) is 4. The monoisotopic (exact) mass is 343 g/mol. The number of aromatic nitrogens is 2. The molecule has 0 bridgehead atoms. The van der Waals surface area contributed by atoms with Crippen molar-refractivity contribution in [3.8, 4) is 0 Å². The molecule has 132 valence electrons. The number of hydrogen-bond donors (Lipinski definition) is 1. The maximum atomic E-state index is 12.7. The fourth-order valence-electron chi connectivity index (χ4n) is 3.33. The Kier molecular flexibility index (Phi) is 4.43. The van der Waals surface area contributed by atoms with Crippen LogP contribution in [-0.4, -0.2) is 32.2 Å². The van der Waals surface area contributed by atoms with Gasteiger partial charge < -0.3 is 10.2 Å². The highest BCUT2D eigenvalue weighted by Crippen LogP contribution is 2.33. The Morgan fingerprint density at radius 1 is 1.36 bits per heavy atom. The molecule has 0 unspecified atom stereocenters. The SMILES string of the molecule is Cc1cc(C)c([N+](=O)[O-])cc1NC(=O)N1CCC[C@H]1c1cnn(C)c1. The van der Waals surface area contributed by atoms with E-state index in [1.165, 1.54) is 6.07 Å². The van der Waals surface area contributed by atoms with Crippen LogP contribution in [-0.2, 0) is 7.05 Å². The van der Waals surface area contributed by atoms with Gasteiger partial charge in [-0.3, -0.25) is 14.8 Å². The minimum absolute atomic E-state index is 0.00568. The van der Waals surface area contributed by atoms with Crippen LogP contribution < -0.4 is 5.32 Å². The molecule has 0 spiro atoms. The summed E-state index contributed by atoms with van der Waals surface area (Å²) in [5.74, 6) is 0. The van der Waals surface area contributed by atoms with Crippen LogP contribution in [0.3, 0.4) is 0 Å². The third-order valence-corrected chi connectivity index (χ3v) is 4.60. The highest BCUT2D eigenvalue weighted by atomic mass is 16.6. The average molecular weight is 343 g/mol. The van der Waals surface area contributed by atoms with Crippen LogP contribution >= 0.6 is 0 Å². The number of anilines is 1. The number of benzene rings is 1. The van der Waals surface area contributed by atoms with E-state index in [1.807, 2.05) is 20.2 Å². The van der Waals surface area contributed by atoms with Gasteiger partial charge in [0.05, 0.1) is 22.8 Å². The second kappa shape index (κ2) is 6.54. The highest BCUT2D eigenvalue weighted by Gasteiger charge is 2.31. The second-order valence-electron chi connectivity index (χ2n) is 6.44. The minimum atomic E-state index is -0.432. The van der Waals surface area contributed by atoms with Gasteiger partial charge in [-0.1, -0.05) is 0 Å². The minimum Gasteiger partial charge on any atom is -0.317 e. The van der Waals surface area contributed by atoms with Gasteiger partial charge in [-0.05, 0) is 38.3 Å². The zero-order valence-corrected chi connectivity index (χ0v) is 14.5. The predicted molar refractivity (Wildman–Crippen MR) is 93.5 cm³/mol. The van der Waals surface area contributed by atoms with Crippen LogP contribution in [0.15, 0.2) is 24.5 Å². The number of nitrogens with zero attached hydrogens (tertiary/aromatic N) is 4. The van der Waals surface area contributed by atoms with Crippen molar-refractivity contribution in [3.63, 3.8) is 0 Å². The smallest absolute Gasteiger partial charge is 0.317 e. The van der Waals surface area contributed by atoms with Crippen molar-refractivity contribution in [3.05, 3.63) is 51.3 Å². The first kappa shape index (κ1) is 16.9. The lowest BCUT2D eigenvalue weighted by atomic mass is 10.1. The molecule has 0 saturated carbocycles. The van der Waals surface area contributed by atoms with E-state index in [-0.39, 0.29) is 17.8 Å². The van der Waals surface area contributed by atoms with E-state index in [1.54, 1.807) is 28.8 Å². The molecule has 25 heavy (non-hydrogen) atoms. The largest absolute Gasteiger partial charge is 0.322 e. The van der Waals surface area contributed by atoms with E-state index in [4.69, 9.17) is 0 Å². The van der Waals surface area contributed by atoms with E-state index in [0.29, 0.717) is 17.8 Å². The fraction of sp³-hybridized carbons (Fsp3) is 0.412. The van der Waals surface area contributed by atoms with Gasteiger partial charge in [0.2, 0.25) is 0 Å². The molecule has 1 N–H and O–H groups in total. The van der Waals surface area contributed by atoms with E-state index in [2.05, 4.69) is 10.4 Å². The summed E-state index contributed by atoms with van der Waals surface area (Å²) in [4.78, 5) is 25.2. The molecule has 2 aromatic rings. The van der Waals surface area contributed by atoms with Gasteiger partial charge in [-0.2, -0.15) is 5.10 Å². The Hall–Kier alpha value is -2.90. The summed E-state index contributed by atoms with van der Waals surface area (Å²) in [5, 5.41) is 18.2. The second-order valence-corrected chi connectivity index (χ2v) is 6.44. The molecule has 0 radical (unpaired) electrons. The van der Waals surface area contributed by atoms with Crippen molar-refractivity contribution in [2.45, 2.75) is 32.7 Å². The molecular formula is C17H21N5O3. The van der Waals surface area contributed by atoms with Gasteiger partial charge >= 0.3 is 6.03 Å². The van der Waals surface area contributed by atoms with E-state index in [9.17, 15) is 14.9 Å². The van der Waals surface area contributed by atoms with Gasteiger partial charge in [-0.15, -0.1) is 0 Å². The number of urea groups is 1. The Morgan fingerprint density at radius 3 is 2.76 bits per heavy atom. The summed E-state index contributed by atoms with van der Waals surface area (Å²) in [6.07, 6.45) is 5.49. The summed E-state index contributed by atoms with van der Waals surface area (Å²) in [5.41, 5.74) is 2.86. The molecule has 2 heterocycles. The van der Waals surface area contributed by atoms with Gasteiger partial charge in [-0.25, -0.2) is 4.79 Å². The maximum absolute atomic E-state index is 12.7. The Morgan fingerprint density at radius 2 is 2.12 bits per heavy atom. The first-order valence-corrected chi connectivity index (χ1v) is 8.18. The van der Waals surface area contributed by atoms with E-state index in [0.717, 1.165) is 24.0 Å². The summed E-state index contributed by atoms with van der Waals surface area (Å²) < 4.78 is 1.72. The number of aryl methyl sites for hydroxylation is 3. The number of nitro groups is 1. The fourth-order valence-corrected chi connectivity index (χ4v) is 3.33. The molecule has 8 heteroatoms. The Balaban J connectivity index is 1.82. The number of nitro benzene ring substituents is 1. The van der Waals surface area contributed by atoms with Crippen LogP contribution in [0, 0.1) is 24.0 Å². The molecule has 0 aliphatic carbocycles. The average Bonchev–Trinajstić information content (AvgIpc) is 3.17. The molecule has 8 nitrogen and oxygen atoms in total. The molecule has 2 amide bonds. The number of carbonyl (C=O) groups is 1. The lowest BCUT2D eigenvalue weighted by molar-refractivity contribution is -0.385. The molecule has 1 atom stereocenters. The zero-order valence-electron chi connectivity index (χ0n) is 14.5. The summed E-state index contributed by atoms with van der Waals surface area (Å²) in [6, 6.07) is 2.88. The van der Waals surface area contributed by atoms with E-state index < -0.39 is 4.92 Å². The lowest BCUT2D eigenvalue weighted by Crippen LogP contribution is -2.34. The van der Waals surface area contributed by atoms with Crippen LogP contribution in [0.25, 0.3) is 0 Å². The van der Waals surface area contributed by atoms with Gasteiger partial charge in [0.25, 0.3) is 5.69 Å². The number of amides is 2. The van der Waals surface area contributed by atoms with Crippen molar-refractivity contribution in [2.75, 3.05) is 11.9 Å². The number of rotatable bonds is 3. The molecule has 1 aliphatic heterocycles. The molecule has 1 aromatic carbocycles. The molecule has 3 rings (SSSR count). The molecular weight excluding hydrogens is 322 g/mol. The van der Waals surface area contributed by atoms with Gasteiger partial charge in [0.15, 0.2) is 0 Å². The van der Waals surface area contributed by atoms with Crippen molar-refractivity contribution >= 4 is 17.4 Å². The summed E-state index contributed by atoms with van der Waals surface area (Å²) in [6.45, 7) is 4.17. The van der Waals surface area contributed by atoms with Crippen LogP contribution in [0.1, 0.15) is 35.6 Å². The first-order valence-electron chi connectivity index (χ1n) is 8.18. The number of likely N-dealkylation sites (tertiary alicyclic amines) is 1. The lowest BCUT2D eigenvalue weighted by Gasteiger charge is -2.24. The Bertz CT molecular complexity index is 830. The molecule has 1 saturated heterocycles. The van der Waals surface area contributed by atoms with Gasteiger partial charge in [0.1, 0.15) is 0 Å². The van der Waals surface area contributed by atoms with Crippen LogP contribution in [0.4, 0.5) is 16.2 Å². The Labute approximate surface area is 145 Å². The number of nitrogens with one attached hydrogen (secondary N) is 1. The molecule has 1 fully saturated rings.